The third kappa shape index (κ3) is 3.30. The van der Waals surface area contributed by atoms with Crippen molar-refractivity contribution in [3.8, 4) is 0 Å². The highest BCUT2D eigenvalue weighted by Gasteiger charge is 2.35. The van der Waals surface area contributed by atoms with Gasteiger partial charge in [-0.15, -0.1) is 0 Å². The molecule has 86 valence electrons. The molecule has 0 aliphatic rings. The maximum absolute atomic E-state index is 12.6. The fraction of sp³-hybridized carbons (Fsp3) is 0.100. The zero-order valence-electron chi connectivity index (χ0n) is 7.95. The van der Waals surface area contributed by atoms with Crippen LogP contribution in [0.2, 0.25) is 0 Å². The Morgan fingerprint density at radius 1 is 1.25 bits per heavy atom. The molecule has 0 heterocycles. The summed E-state index contributed by atoms with van der Waals surface area (Å²) in [7, 11) is 0. The Labute approximate surface area is 95.7 Å². The number of amides is 1. The standard InChI is InChI=1S/C10H8F3NOS/c11-10(12,13)8(6-9(15)14-16)7-4-2-1-3-5-7/h1-6,16H,(H,14,15). The highest BCUT2D eigenvalue weighted by Crippen LogP contribution is 2.33. The highest BCUT2D eigenvalue weighted by atomic mass is 32.1. The minimum Gasteiger partial charge on any atom is -0.299 e. The number of hydrogen-bond acceptors (Lipinski definition) is 2. The van der Waals surface area contributed by atoms with Gasteiger partial charge in [-0.05, 0) is 5.56 Å². The number of alkyl halides is 3. The van der Waals surface area contributed by atoms with E-state index in [-0.39, 0.29) is 5.56 Å². The summed E-state index contributed by atoms with van der Waals surface area (Å²) < 4.78 is 39.7. The van der Waals surface area contributed by atoms with E-state index in [1.165, 1.54) is 24.3 Å². The van der Waals surface area contributed by atoms with E-state index in [1.807, 2.05) is 4.72 Å². The number of carbonyl (C=O) groups excluding carboxylic acids is 1. The fourth-order valence-electron chi connectivity index (χ4n) is 1.11. The molecule has 1 aromatic rings. The molecule has 0 aromatic heterocycles. The second-order valence-electron chi connectivity index (χ2n) is 2.90. The molecule has 0 unspecified atom stereocenters. The summed E-state index contributed by atoms with van der Waals surface area (Å²) in [6.07, 6.45) is -4.11. The summed E-state index contributed by atoms with van der Waals surface area (Å²) in [6, 6.07) is 7.09. The molecular formula is C10H8F3NOS. The molecule has 0 aliphatic carbocycles. The first-order valence-electron chi connectivity index (χ1n) is 4.23. The fourth-order valence-corrected chi connectivity index (χ4v) is 1.17. The van der Waals surface area contributed by atoms with Gasteiger partial charge in [-0.25, -0.2) is 0 Å². The molecule has 6 heteroatoms. The molecule has 0 fully saturated rings. The number of benzene rings is 1. The average molecular weight is 247 g/mol. The first-order valence-corrected chi connectivity index (χ1v) is 4.68. The molecule has 1 N–H and O–H groups in total. The smallest absolute Gasteiger partial charge is 0.299 e. The predicted molar refractivity (Wildman–Crippen MR) is 57.6 cm³/mol. The number of allylic oxidation sites excluding steroid dienone is 1. The molecule has 0 saturated heterocycles. The first-order chi connectivity index (χ1) is 7.45. The van der Waals surface area contributed by atoms with Gasteiger partial charge in [0, 0.05) is 6.08 Å². The average Bonchev–Trinajstić information content (AvgIpc) is 2.25. The van der Waals surface area contributed by atoms with Crippen LogP contribution in [0.4, 0.5) is 13.2 Å². The summed E-state index contributed by atoms with van der Waals surface area (Å²) in [4.78, 5) is 10.9. The Balaban J connectivity index is 3.18. The molecule has 1 amide bonds. The van der Waals surface area contributed by atoms with E-state index >= 15 is 0 Å². The topological polar surface area (TPSA) is 29.1 Å². The van der Waals surface area contributed by atoms with Crippen LogP contribution in [0.15, 0.2) is 36.4 Å². The van der Waals surface area contributed by atoms with Crippen LogP contribution < -0.4 is 4.72 Å². The van der Waals surface area contributed by atoms with Crippen molar-refractivity contribution in [2.45, 2.75) is 6.18 Å². The van der Waals surface area contributed by atoms with Gasteiger partial charge in [-0.1, -0.05) is 43.1 Å². The second-order valence-corrected chi connectivity index (χ2v) is 3.12. The molecule has 0 spiro atoms. The Morgan fingerprint density at radius 2 is 1.81 bits per heavy atom. The van der Waals surface area contributed by atoms with E-state index in [0.29, 0.717) is 6.08 Å². The van der Waals surface area contributed by atoms with Crippen molar-refractivity contribution in [3.05, 3.63) is 42.0 Å². The van der Waals surface area contributed by atoms with Gasteiger partial charge in [0.25, 0.3) is 5.91 Å². The lowest BCUT2D eigenvalue weighted by Crippen LogP contribution is -2.16. The predicted octanol–water partition coefficient (Wildman–Crippen LogP) is 2.59. The quantitative estimate of drug-likeness (QED) is 0.610. The van der Waals surface area contributed by atoms with Crippen molar-refractivity contribution in [3.63, 3.8) is 0 Å². The van der Waals surface area contributed by atoms with E-state index in [0.717, 1.165) is 0 Å². The zero-order chi connectivity index (χ0) is 12.2. The van der Waals surface area contributed by atoms with Crippen LogP contribution in [0.25, 0.3) is 5.57 Å². The van der Waals surface area contributed by atoms with Gasteiger partial charge in [0.15, 0.2) is 0 Å². The summed E-state index contributed by atoms with van der Waals surface area (Å²) in [5.74, 6) is -0.917. The summed E-state index contributed by atoms with van der Waals surface area (Å²) in [6.45, 7) is 0. The Bertz CT molecular complexity index is 400. The van der Waals surface area contributed by atoms with Gasteiger partial charge in [-0.3, -0.25) is 9.52 Å². The van der Waals surface area contributed by atoms with Crippen LogP contribution in [-0.2, 0) is 4.79 Å². The third-order valence-corrected chi connectivity index (χ3v) is 2.00. The van der Waals surface area contributed by atoms with Crippen molar-refractivity contribution in [1.29, 1.82) is 0 Å². The van der Waals surface area contributed by atoms with Crippen molar-refractivity contribution >= 4 is 24.3 Å². The second kappa shape index (κ2) is 5.07. The van der Waals surface area contributed by atoms with E-state index in [1.54, 1.807) is 6.07 Å². The van der Waals surface area contributed by atoms with Gasteiger partial charge in [-0.2, -0.15) is 13.2 Å². The van der Waals surface area contributed by atoms with Gasteiger partial charge < -0.3 is 0 Å². The number of thiol groups is 1. The van der Waals surface area contributed by atoms with Gasteiger partial charge in [0.05, 0.1) is 5.57 Å². The molecule has 1 aromatic carbocycles. The molecule has 0 radical (unpaired) electrons. The Kier molecular flexibility index (Phi) is 4.00. The Morgan fingerprint density at radius 3 is 2.25 bits per heavy atom. The van der Waals surface area contributed by atoms with Crippen LogP contribution in [-0.4, -0.2) is 12.1 Å². The van der Waals surface area contributed by atoms with Crippen LogP contribution in [0.3, 0.4) is 0 Å². The van der Waals surface area contributed by atoms with E-state index < -0.39 is 17.7 Å². The molecule has 0 atom stereocenters. The lowest BCUT2D eigenvalue weighted by atomic mass is 10.1. The third-order valence-electron chi connectivity index (χ3n) is 1.78. The highest BCUT2D eigenvalue weighted by molar-refractivity contribution is 7.78. The molecule has 1 rings (SSSR count). The zero-order valence-corrected chi connectivity index (χ0v) is 8.85. The van der Waals surface area contributed by atoms with E-state index in [4.69, 9.17) is 0 Å². The van der Waals surface area contributed by atoms with Crippen molar-refractivity contribution in [2.24, 2.45) is 0 Å². The van der Waals surface area contributed by atoms with Gasteiger partial charge >= 0.3 is 6.18 Å². The Hall–Kier alpha value is -1.43. The summed E-state index contributed by atoms with van der Waals surface area (Å²) >= 11 is 3.39. The normalized spacial score (nSPS) is 12.4. The maximum Gasteiger partial charge on any atom is 0.417 e. The molecule has 16 heavy (non-hydrogen) atoms. The van der Waals surface area contributed by atoms with E-state index in [9.17, 15) is 18.0 Å². The summed E-state index contributed by atoms with van der Waals surface area (Å²) in [5.41, 5.74) is -1.06. The monoisotopic (exact) mass is 247 g/mol. The van der Waals surface area contributed by atoms with Crippen LogP contribution in [0.5, 0.6) is 0 Å². The van der Waals surface area contributed by atoms with Crippen LogP contribution in [0.1, 0.15) is 5.56 Å². The van der Waals surface area contributed by atoms with Gasteiger partial charge in [0.1, 0.15) is 0 Å². The molecule has 2 nitrogen and oxygen atoms in total. The van der Waals surface area contributed by atoms with Crippen molar-refractivity contribution < 1.29 is 18.0 Å². The van der Waals surface area contributed by atoms with Crippen LogP contribution >= 0.6 is 12.8 Å². The largest absolute Gasteiger partial charge is 0.417 e. The van der Waals surface area contributed by atoms with Crippen LogP contribution in [0, 0.1) is 0 Å². The van der Waals surface area contributed by atoms with E-state index in [2.05, 4.69) is 12.8 Å². The number of rotatable bonds is 2. The van der Waals surface area contributed by atoms with Crippen molar-refractivity contribution in [1.82, 2.24) is 4.72 Å². The minimum absolute atomic E-state index is 0.0630. The number of halogens is 3. The van der Waals surface area contributed by atoms with Gasteiger partial charge in [0.2, 0.25) is 0 Å². The maximum atomic E-state index is 12.6. The molecular weight excluding hydrogens is 239 g/mol. The number of carbonyl (C=O) groups is 1. The molecule has 0 bridgehead atoms. The molecule has 0 aliphatic heterocycles. The number of hydrogen-bond donors (Lipinski definition) is 2. The SMILES string of the molecule is O=C(C=C(c1ccccc1)C(F)(F)F)NS. The summed E-state index contributed by atoms with van der Waals surface area (Å²) in [5, 5.41) is 0. The first kappa shape index (κ1) is 12.6. The number of nitrogens with one attached hydrogen (secondary N) is 1. The van der Waals surface area contributed by atoms with Crippen molar-refractivity contribution in [2.75, 3.05) is 0 Å². The minimum atomic E-state index is -4.58. The lowest BCUT2D eigenvalue weighted by molar-refractivity contribution is -0.115. The lowest BCUT2D eigenvalue weighted by Gasteiger charge is -2.11. The molecule has 0 saturated carbocycles.